The predicted molar refractivity (Wildman–Crippen MR) is 177 cm³/mol. The molecule has 0 fully saturated rings. The van der Waals surface area contributed by atoms with E-state index < -0.39 is 0 Å². The van der Waals surface area contributed by atoms with Crippen molar-refractivity contribution in [2.45, 2.75) is 43.2 Å². The summed E-state index contributed by atoms with van der Waals surface area (Å²) in [7, 11) is 1.90. The topological polar surface area (TPSA) is 107 Å². The van der Waals surface area contributed by atoms with Crippen LogP contribution in [0.15, 0.2) is 84.0 Å². The van der Waals surface area contributed by atoms with Gasteiger partial charge in [-0.05, 0) is 84.9 Å². The monoisotopic (exact) mass is 590 g/mol. The van der Waals surface area contributed by atoms with Crippen molar-refractivity contribution in [1.82, 2.24) is 9.71 Å². The second-order valence-corrected chi connectivity index (χ2v) is 11.9. The summed E-state index contributed by atoms with van der Waals surface area (Å²) >= 11 is 1.56. The molecule has 5 N–H and O–H groups in total. The minimum atomic E-state index is -0.197. The van der Waals surface area contributed by atoms with Crippen molar-refractivity contribution in [1.29, 1.82) is 0 Å². The van der Waals surface area contributed by atoms with Crippen molar-refractivity contribution < 1.29 is 9.59 Å². The van der Waals surface area contributed by atoms with E-state index in [1.807, 2.05) is 50.4 Å². The first-order valence-corrected chi connectivity index (χ1v) is 15.2. The van der Waals surface area contributed by atoms with E-state index in [0.717, 1.165) is 55.5 Å². The third kappa shape index (κ3) is 6.58. The highest BCUT2D eigenvalue weighted by Crippen LogP contribution is 2.40. The Hall–Kier alpha value is -4.60. The summed E-state index contributed by atoms with van der Waals surface area (Å²) in [5.41, 5.74) is 8.36. The lowest BCUT2D eigenvalue weighted by Gasteiger charge is -2.23. The lowest BCUT2D eigenvalue weighted by atomic mass is 9.96. The average Bonchev–Trinajstić information content (AvgIpc) is 3.26. The minimum Gasteiger partial charge on any atom is -0.380 e. The molecule has 0 unspecified atom stereocenters. The van der Waals surface area contributed by atoms with Gasteiger partial charge in [0.25, 0.3) is 0 Å². The third-order valence-corrected chi connectivity index (χ3v) is 8.28. The zero-order chi connectivity index (χ0) is 29.8. The fraction of sp³-hybridized carbons (Fsp3) is 0.206. The van der Waals surface area contributed by atoms with Crippen LogP contribution in [-0.4, -0.2) is 35.9 Å². The molecule has 9 heteroatoms. The van der Waals surface area contributed by atoms with Crippen LogP contribution in [0.1, 0.15) is 36.5 Å². The normalized spacial score (nSPS) is 17.9. The molecule has 4 aromatic rings. The van der Waals surface area contributed by atoms with Gasteiger partial charge in [0.2, 0.25) is 11.8 Å². The van der Waals surface area contributed by atoms with Crippen LogP contribution < -0.4 is 26.0 Å². The second kappa shape index (κ2) is 12.7. The summed E-state index contributed by atoms with van der Waals surface area (Å²) in [5, 5.41) is 13.5. The van der Waals surface area contributed by atoms with E-state index in [-0.39, 0.29) is 23.9 Å². The number of amides is 2. The van der Waals surface area contributed by atoms with Gasteiger partial charge in [0.1, 0.15) is 0 Å². The number of hydrogen-bond donors (Lipinski definition) is 5. The van der Waals surface area contributed by atoms with Crippen molar-refractivity contribution in [3.05, 3.63) is 95.8 Å². The number of hydrogen-bond acceptors (Lipinski definition) is 7. The number of carbonyl (C=O) groups is 2. The van der Waals surface area contributed by atoms with E-state index in [9.17, 15) is 9.59 Å². The van der Waals surface area contributed by atoms with E-state index >= 15 is 0 Å². The summed E-state index contributed by atoms with van der Waals surface area (Å²) in [6.45, 7) is 2.01. The Morgan fingerprint density at radius 2 is 1.70 bits per heavy atom. The van der Waals surface area contributed by atoms with Crippen LogP contribution in [-0.2, 0) is 16.0 Å². The molecule has 218 valence electrons. The molecule has 0 bridgehead atoms. The van der Waals surface area contributed by atoms with Gasteiger partial charge < -0.3 is 21.3 Å². The minimum absolute atomic E-state index is 0.0300. The maximum Gasteiger partial charge on any atom is 0.226 e. The van der Waals surface area contributed by atoms with Crippen LogP contribution >= 0.6 is 11.9 Å². The van der Waals surface area contributed by atoms with Gasteiger partial charge >= 0.3 is 0 Å². The lowest BCUT2D eigenvalue weighted by Crippen LogP contribution is -2.26. The van der Waals surface area contributed by atoms with Crippen molar-refractivity contribution in [3.8, 4) is 11.1 Å². The number of aromatic nitrogens is 1. The first kappa shape index (κ1) is 28.5. The van der Waals surface area contributed by atoms with Crippen LogP contribution in [0.2, 0.25) is 0 Å². The van der Waals surface area contributed by atoms with Crippen LogP contribution in [0.25, 0.3) is 23.3 Å². The van der Waals surface area contributed by atoms with Crippen molar-refractivity contribution >= 4 is 58.7 Å². The molecule has 43 heavy (non-hydrogen) atoms. The van der Waals surface area contributed by atoms with E-state index in [4.69, 9.17) is 0 Å². The Morgan fingerprint density at radius 1 is 0.884 bits per heavy atom. The van der Waals surface area contributed by atoms with Crippen LogP contribution in [0.4, 0.5) is 22.7 Å². The van der Waals surface area contributed by atoms with Crippen molar-refractivity contribution in [2.24, 2.45) is 0 Å². The first-order valence-electron chi connectivity index (χ1n) is 14.4. The third-order valence-electron chi connectivity index (χ3n) is 7.58. The molecular formula is C34H34N6O2S. The molecule has 0 aliphatic carbocycles. The first-order chi connectivity index (χ1) is 21.0. The molecule has 0 spiro atoms. The molecule has 2 amide bonds. The number of carbonyl (C=O) groups excluding carboxylic acids is 2. The van der Waals surface area contributed by atoms with Gasteiger partial charge in [-0.2, -0.15) is 0 Å². The molecule has 0 saturated heterocycles. The summed E-state index contributed by atoms with van der Waals surface area (Å²) in [4.78, 5) is 31.2. The van der Waals surface area contributed by atoms with Crippen LogP contribution in [0, 0.1) is 0 Å². The summed E-state index contributed by atoms with van der Waals surface area (Å²) in [5.74, 6) is -0.0829. The molecule has 3 aromatic carbocycles. The highest BCUT2D eigenvalue weighted by atomic mass is 32.2. The van der Waals surface area contributed by atoms with Gasteiger partial charge in [0.05, 0.1) is 22.7 Å². The Bertz CT molecular complexity index is 1690. The average molecular weight is 591 g/mol. The van der Waals surface area contributed by atoms with E-state index in [0.29, 0.717) is 19.3 Å². The van der Waals surface area contributed by atoms with E-state index in [2.05, 4.69) is 73.4 Å². The second-order valence-electron chi connectivity index (χ2n) is 10.8. The summed E-state index contributed by atoms with van der Waals surface area (Å²) in [6, 6.07) is 22.1. The highest BCUT2D eigenvalue weighted by Gasteiger charge is 2.27. The summed E-state index contributed by atoms with van der Waals surface area (Å²) < 4.78 is 3.13. The molecule has 3 heterocycles. The molecule has 6 rings (SSSR count). The number of rotatable bonds is 7. The van der Waals surface area contributed by atoms with Gasteiger partial charge in [0, 0.05) is 47.8 Å². The number of para-hydroxylation sites is 1. The number of fused-ring (bicyclic) bond motifs is 2. The fourth-order valence-electron chi connectivity index (χ4n) is 5.66. The fourth-order valence-corrected chi connectivity index (χ4v) is 6.23. The van der Waals surface area contributed by atoms with Gasteiger partial charge in [-0.1, -0.05) is 48.6 Å². The van der Waals surface area contributed by atoms with Gasteiger partial charge in [-0.15, -0.1) is 0 Å². The van der Waals surface area contributed by atoms with Crippen LogP contribution in [0.3, 0.4) is 0 Å². The molecule has 0 saturated carbocycles. The highest BCUT2D eigenvalue weighted by molar-refractivity contribution is 7.97. The Balaban J connectivity index is 1.35. The van der Waals surface area contributed by atoms with E-state index in [1.54, 1.807) is 24.3 Å². The van der Waals surface area contributed by atoms with Crippen LogP contribution in [0.5, 0.6) is 0 Å². The molecule has 1 aromatic heterocycles. The molecule has 2 aliphatic rings. The van der Waals surface area contributed by atoms with Gasteiger partial charge in [-0.25, -0.2) is 0 Å². The Kier molecular flexibility index (Phi) is 8.44. The molecular weight excluding hydrogens is 556 g/mol. The number of pyridine rings is 1. The van der Waals surface area contributed by atoms with Crippen molar-refractivity contribution in [2.75, 3.05) is 28.3 Å². The number of nitrogens with one attached hydrogen (secondary N) is 5. The molecule has 2 aliphatic heterocycles. The lowest BCUT2D eigenvalue weighted by molar-refractivity contribution is -0.117. The maximum absolute atomic E-state index is 13.1. The van der Waals surface area contributed by atoms with Crippen molar-refractivity contribution in [3.63, 3.8) is 0 Å². The Morgan fingerprint density at radius 3 is 2.53 bits per heavy atom. The molecule has 0 radical (unpaired) electrons. The standard InChI is InChI=1S/C34H34N6O2S/c1-21-17-30(41)40-33-25(12-11-23(32(33)37-21)10-9-22-13-15-36-16-14-22)18-26-20-31(42)39-29-8-4-7-28(34(29)38-26)24-5-3-6-27(19-24)43-35-2/h3-16,19,21,26,35,37-38H,17-18,20H2,1-2H3,(H,39,42)(H,40,41)/b10-9+/t21-,26-/m1/s1. The SMILES string of the molecule is CNSc1cccc(-c2cccc3c2N[C@H](Cc2ccc(/C=C/c4ccncc4)c4c2NC(=O)C[C@@H](C)N4)CC(=O)N3)c1. The number of anilines is 4. The van der Waals surface area contributed by atoms with Gasteiger partial charge in [0.15, 0.2) is 0 Å². The number of nitrogens with zero attached hydrogens (tertiary/aromatic N) is 1. The molecule has 2 atom stereocenters. The number of benzene rings is 3. The largest absolute Gasteiger partial charge is 0.380 e. The Labute approximate surface area is 255 Å². The molecule has 8 nitrogen and oxygen atoms in total. The zero-order valence-corrected chi connectivity index (χ0v) is 24.9. The summed E-state index contributed by atoms with van der Waals surface area (Å²) in [6.07, 6.45) is 8.82. The maximum atomic E-state index is 13.1. The quantitative estimate of drug-likeness (QED) is 0.153. The van der Waals surface area contributed by atoms with Gasteiger partial charge in [-0.3, -0.25) is 19.3 Å². The zero-order valence-electron chi connectivity index (χ0n) is 24.1. The van der Waals surface area contributed by atoms with E-state index in [1.165, 1.54) is 0 Å². The smallest absolute Gasteiger partial charge is 0.226 e. The predicted octanol–water partition coefficient (Wildman–Crippen LogP) is 6.65.